The first-order valence-corrected chi connectivity index (χ1v) is 7.41. The number of hydrogen-bond acceptors (Lipinski definition) is 3. The molecule has 5 heteroatoms. The Morgan fingerprint density at radius 3 is 2.48 bits per heavy atom. The zero-order chi connectivity index (χ0) is 15.1. The lowest BCUT2D eigenvalue weighted by Crippen LogP contribution is -2.25. The van der Waals surface area contributed by atoms with Crippen molar-refractivity contribution in [1.29, 1.82) is 5.26 Å². The molecule has 1 aromatic carbocycles. The molecule has 0 radical (unpaired) electrons. The van der Waals surface area contributed by atoms with Crippen molar-refractivity contribution in [2.24, 2.45) is 0 Å². The molecule has 1 saturated carbocycles. The van der Waals surface area contributed by atoms with E-state index >= 15 is 0 Å². The molecule has 0 heterocycles. The summed E-state index contributed by atoms with van der Waals surface area (Å²) in [7, 11) is 0. The Morgan fingerprint density at radius 1 is 1.19 bits per heavy atom. The van der Waals surface area contributed by atoms with Crippen molar-refractivity contribution in [1.82, 2.24) is 5.32 Å². The third-order valence-corrected chi connectivity index (χ3v) is 3.76. The van der Waals surface area contributed by atoms with Crippen LogP contribution in [0.1, 0.15) is 43.2 Å². The summed E-state index contributed by atoms with van der Waals surface area (Å²) in [6.07, 6.45) is 6.29. The lowest BCUT2D eigenvalue weighted by atomic mass is 9.98. The summed E-state index contributed by atoms with van der Waals surface area (Å²) < 4.78 is 33.0. The molecule has 114 valence electrons. The first-order valence-electron chi connectivity index (χ1n) is 7.41. The van der Waals surface area contributed by atoms with E-state index in [4.69, 9.17) is 10.00 Å². The van der Waals surface area contributed by atoms with Gasteiger partial charge >= 0.3 is 0 Å². The van der Waals surface area contributed by atoms with E-state index in [1.165, 1.54) is 19.3 Å². The van der Waals surface area contributed by atoms with Crippen molar-refractivity contribution in [3.63, 3.8) is 0 Å². The normalized spacial score (nSPS) is 15.9. The van der Waals surface area contributed by atoms with Gasteiger partial charge in [0.2, 0.25) is 0 Å². The van der Waals surface area contributed by atoms with Gasteiger partial charge < -0.3 is 10.1 Å². The SMILES string of the molecule is N#Cc1cc(F)c(CNCCOC2CCCCC2)c(F)c1. The average molecular weight is 294 g/mol. The van der Waals surface area contributed by atoms with Gasteiger partial charge in [-0.3, -0.25) is 0 Å². The molecule has 0 spiro atoms. The first kappa shape index (κ1) is 15.9. The van der Waals surface area contributed by atoms with Crippen LogP contribution in [-0.4, -0.2) is 19.3 Å². The molecule has 0 atom stereocenters. The van der Waals surface area contributed by atoms with Crippen molar-refractivity contribution in [2.45, 2.75) is 44.8 Å². The average Bonchev–Trinajstić information content (AvgIpc) is 2.50. The second kappa shape index (κ2) is 8.06. The van der Waals surface area contributed by atoms with Crippen LogP contribution in [0, 0.1) is 23.0 Å². The maximum absolute atomic E-state index is 13.6. The second-order valence-electron chi connectivity index (χ2n) is 5.34. The quantitative estimate of drug-likeness (QED) is 0.819. The number of ether oxygens (including phenoxy) is 1. The van der Waals surface area contributed by atoms with E-state index in [2.05, 4.69) is 5.32 Å². The van der Waals surface area contributed by atoms with Crippen molar-refractivity contribution < 1.29 is 13.5 Å². The first-order chi connectivity index (χ1) is 10.2. The van der Waals surface area contributed by atoms with Crippen LogP contribution in [0.3, 0.4) is 0 Å². The van der Waals surface area contributed by atoms with Crippen LogP contribution < -0.4 is 5.32 Å². The molecule has 1 aliphatic carbocycles. The number of nitrogens with one attached hydrogen (secondary N) is 1. The molecular formula is C16H20F2N2O. The van der Waals surface area contributed by atoms with Crippen molar-refractivity contribution >= 4 is 0 Å². The third kappa shape index (κ3) is 4.76. The molecule has 0 aliphatic heterocycles. The molecule has 3 nitrogen and oxygen atoms in total. The zero-order valence-corrected chi connectivity index (χ0v) is 12.0. The van der Waals surface area contributed by atoms with Crippen LogP contribution >= 0.6 is 0 Å². The molecule has 0 aromatic heterocycles. The fourth-order valence-electron chi connectivity index (χ4n) is 2.58. The maximum atomic E-state index is 13.6. The fraction of sp³-hybridized carbons (Fsp3) is 0.562. The molecule has 2 rings (SSSR count). The lowest BCUT2D eigenvalue weighted by Gasteiger charge is -2.22. The molecule has 0 bridgehead atoms. The third-order valence-electron chi connectivity index (χ3n) is 3.76. The Hall–Kier alpha value is -1.51. The van der Waals surface area contributed by atoms with Gasteiger partial charge in [0, 0.05) is 18.7 Å². The molecule has 21 heavy (non-hydrogen) atoms. The number of nitrogens with zero attached hydrogens (tertiary/aromatic N) is 1. The topological polar surface area (TPSA) is 45.0 Å². The van der Waals surface area contributed by atoms with Gasteiger partial charge in [-0.25, -0.2) is 8.78 Å². The monoisotopic (exact) mass is 294 g/mol. The molecule has 0 amide bonds. The molecule has 1 N–H and O–H groups in total. The molecule has 0 unspecified atom stereocenters. The van der Waals surface area contributed by atoms with Crippen molar-refractivity contribution in [3.05, 3.63) is 34.9 Å². The molecular weight excluding hydrogens is 274 g/mol. The van der Waals surface area contributed by atoms with Crippen molar-refractivity contribution in [3.8, 4) is 6.07 Å². The zero-order valence-electron chi connectivity index (χ0n) is 12.0. The van der Waals surface area contributed by atoms with E-state index in [0.29, 0.717) is 19.3 Å². The summed E-state index contributed by atoms with van der Waals surface area (Å²) in [4.78, 5) is 0. The Balaban J connectivity index is 1.72. The number of benzene rings is 1. The van der Waals surface area contributed by atoms with Crippen LogP contribution in [-0.2, 0) is 11.3 Å². The van der Waals surface area contributed by atoms with Crippen molar-refractivity contribution in [2.75, 3.05) is 13.2 Å². The maximum Gasteiger partial charge on any atom is 0.131 e. The van der Waals surface area contributed by atoms with Crippen LogP contribution in [0.2, 0.25) is 0 Å². The smallest absolute Gasteiger partial charge is 0.131 e. The molecule has 1 fully saturated rings. The van der Waals surface area contributed by atoms with Crippen LogP contribution in [0.25, 0.3) is 0 Å². The Morgan fingerprint density at radius 2 is 1.86 bits per heavy atom. The minimum Gasteiger partial charge on any atom is -0.377 e. The predicted octanol–water partition coefficient (Wildman–Crippen LogP) is 3.28. The largest absolute Gasteiger partial charge is 0.377 e. The minimum absolute atomic E-state index is 0.00520. The summed E-state index contributed by atoms with van der Waals surface area (Å²) in [6, 6.07) is 3.84. The van der Waals surface area contributed by atoms with Crippen LogP contribution in [0.4, 0.5) is 8.78 Å². The van der Waals surface area contributed by atoms with Gasteiger partial charge in [-0.15, -0.1) is 0 Å². The number of rotatable bonds is 6. The van der Waals surface area contributed by atoms with E-state index in [9.17, 15) is 8.78 Å². The van der Waals surface area contributed by atoms with E-state index in [1.807, 2.05) is 0 Å². The second-order valence-corrected chi connectivity index (χ2v) is 5.34. The van der Waals surface area contributed by atoms with E-state index in [0.717, 1.165) is 25.0 Å². The summed E-state index contributed by atoms with van der Waals surface area (Å²) in [5.41, 5.74) is -0.0407. The highest BCUT2D eigenvalue weighted by Crippen LogP contribution is 2.20. The van der Waals surface area contributed by atoms with Gasteiger partial charge in [0.05, 0.1) is 24.3 Å². The molecule has 1 aromatic rings. The summed E-state index contributed by atoms with van der Waals surface area (Å²) >= 11 is 0. The fourth-order valence-corrected chi connectivity index (χ4v) is 2.58. The number of nitriles is 1. The molecule has 1 aliphatic rings. The van der Waals surface area contributed by atoms with E-state index in [1.54, 1.807) is 6.07 Å². The Bertz CT molecular complexity index is 484. The molecule has 0 saturated heterocycles. The highest BCUT2D eigenvalue weighted by Gasteiger charge is 2.13. The summed E-state index contributed by atoms with van der Waals surface area (Å²) in [5, 5.41) is 11.6. The highest BCUT2D eigenvalue weighted by molar-refractivity contribution is 5.34. The predicted molar refractivity (Wildman–Crippen MR) is 75.6 cm³/mol. The van der Waals surface area contributed by atoms with Gasteiger partial charge in [-0.2, -0.15) is 5.26 Å². The Labute approximate surface area is 123 Å². The van der Waals surface area contributed by atoms with E-state index < -0.39 is 11.6 Å². The van der Waals surface area contributed by atoms with Gasteiger partial charge in [0.1, 0.15) is 11.6 Å². The highest BCUT2D eigenvalue weighted by atomic mass is 19.1. The summed E-state index contributed by atoms with van der Waals surface area (Å²) in [6.45, 7) is 1.19. The summed E-state index contributed by atoms with van der Waals surface area (Å²) in [5.74, 6) is -1.38. The Kier molecular flexibility index (Phi) is 6.09. The van der Waals surface area contributed by atoms with E-state index in [-0.39, 0.29) is 17.7 Å². The van der Waals surface area contributed by atoms with Crippen LogP contribution in [0.5, 0.6) is 0 Å². The number of halogens is 2. The van der Waals surface area contributed by atoms with Gasteiger partial charge in [0.15, 0.2) is 0 Å². The lowest BCUT2D eigenvalue weighted by molar-refractivity contribution is 0.0302. The number of hydrogen-bond donors (Lipinski definition) is 1. The van der Waals surface area contributed by atoms with Crippen LogP contribution in [0.15, 0.2) is 12.1 Å². The minimum atomic E-state index is -0.688. The standard InChI is InChI=1S/C16H20F2N2O/c17-15-8-12(10-19)9-16(18)14(15)11-20-6-7-21-13-4-2-1-3-5-13/h8-9,13,20H,1-7,11H2. The van der Waals surface area contributed by atoms with Gasteiger partial charge in [0.25, 0.3) is 0 Å². The van der Waals surface area contributed by atoms with Gasteiger partial charge in [-0.05, 0) is 25.0 Å². The van der Waals surface area contributed by atoms with Gasteiger partial charge in [-0.1, -0.05) is 19.3 Å².